The van der Waals surface area contributed by atoms with Crippen LogP contribution in [0.1, 0.15) is 16.2 Å². The van der Waals surface area contributed by atoms with Gasteiger partial charge in [-0.2, -0.15) is 0 Å². The van der Waals surface area contributed by atoms with Crippen LogP contribution in [0.3, 0.4) is 0 Å². The minimum absolute atomic E-state index is 0.0213. The van der Waals surface area contributed by atoms with Crippen molar-refractivity contribution in [1.29, 1.82) is 0 Å². The van der Waals surface area contributed by atoms with Crippen molar-refractivity contribution < 1.29 is 9.21 Å². The zero-order valence-corrected chi connectivity index (χ0v) is 12.4. The molecular formula is C14H15ClN4O2. The van der Waals surface area contributed by atoms with Crippen LogP contribution in [0, 0.1) is 6.92 Å². The Balaban J connectivity index is 1.63. The molecule has 2 heterocycles. The van der Waals surface area contributed by atoms with Crippen LogP contribution in [0.5, 0.6) is 0 Å². The summed E-state index contributed by atoms with van der Waals surface area (Å²) in [4.78, 5) is 16.2. The fraction of sp³-hybridized carbons (Fsp3) is 0.357. The Labute approximate surface area is 127 Å². The summed E-state index contributed by atoms with van der Waals surface area (Å²) in [5, 5.41) is 8.45. The van der Waals surface area contributed by atoms with Crippen molar-refractivity contribution in [3.63, 3.8) is 0 Å². The molecule has 1 amide bonds. The van der Waals surface area contributed by atoms with Crippen LogP contribution in [0.4, 0.5) is 6.01 Å². The molecule has 1 aliphatic rings. The minimum atomic E-state index is 0.0213. The second-order valence-corrected chi connectivity index (χ2v) is 5.33. The van der Waals surface area contributed by atoms with Crippen molar-refractivity contribution in [1.82, 2.24) is 15.1 Å². The molecule has 0 radical (unpaired) electrons. The van der Waals surface area contributed by atoms with Gasteiger partial charge in [0, 0.05) is 43.7 Å². The van der Waals surface area contributed by atoms with E-state index >= 15 is 0 Å². The molecule has 0 spiro atoms. The lowest BCUT2D eigenvalue weighted by molar-refractivity contribution is 0.0745. The van der Waals surface area contributed by atoms with Crippen molar-refractivity contribution in [3.8, 4) is 0 Å². The molecule has 0 aliphatic carbocycles. The summed E-state index contributed by atoms with van der Waals surface area (Å²) >= 11 is 5.84. The molecule has 1 aromatic heterocycles. The third kappa shape index (κ3) is 3.00. The summed E-state index contributed by atoms with van der Waals surface area (Å²) in [6.45, 7) is 4.38. The Morgan fingerprint density at radius 1 is 1.14 bits per heavy atom. The quantitative estimate of drug-likeness (QED) is 0.849. The Bertz CT molecular complexity index is 633. The van der Waals surface area contributed by atoms with Gasteiger partial charge >= 0.3 is 6.01 Å². The molecule has 2 aromatic rings. The monoisotopic (exact) mass is 306 g/mol. The second kappa shape index (κ2) is 5.73. The maximum atomic E-state index is 12.4. The van der Waals surface area contributed by atoms with Gasteiger partial charge in [0.25, 0.3) is 5.91 Å². The highest BCUT2D eigenvalue weighted by atomic mass is 35.5. The van der Waals surface area contributed by atoms with Gasteiger partial charge in [-0.3, -0.25) is 4.79 Å². The molecule has 0 N–H and O–H groups in total. The fourth-order valence-electron chi connectivity index (χ4n) is 2.29. The minimum Gasteiger partial charge on any atom is -0.408 e. The SMILES string of the molecule is Cc1nnc(N2CCN(C(=O)c3ccc(Cl)cc3)CC2)o1. The molecule has 110 valence electrons. The standard InChI is InChI=1S/C14H15ClN4O2/c1-10-16-17-14(21-10)19-8-6-18(7-9-19)13(20)11-2-4-12(15)5-3-11/h2-5H,6-9H2,1H3. The lowest BCUT2D eigenvalue weighted by Crippen LogP contribution is -2.48. The molecule has 3 rings (SSSR count). The molecule has 0 unspecified atom stereocenters. The molecule has 1 saturated heterocycles. The Kier molecular flexibility index (Phi) is 3.79. The van der Waals surface area contributed by atoms with Crippen molar-refractivity contribution in [3.05, 3.63) is 40.7 Å². The molecule has 0 atom stereocenters. The van der Waals surface area contributed by atoms with Crippen molar-refractivity contribution >= 4 is 23.5 Å². The second-order valence-electron chi connectivity index (χ2n) is 4.89. The summed E-state index contributed by atoms with van der Waals surface area (Å²) in [7, 11) is 0. The van der Waals surface area contributed by atoms with Crippen LogP contribution in [0.2, 0.25) is 5.02 Å². The predicted octanol–water partition coefficient (Wildman–Crippen LogP) is 1.99. The summed E-state index contributed by atoms with van der Waals surface area (Å²) < 4.78 is 5.40. The van der Waals surface area contributed by atoms with Crippen LogP contribution in [0.25, 0.3) is 0 Å². The van der Waals surface area contributed by atoms with E-state index in [4.69, 9.17) is 16.0 Å². The first-order valence-electron chi connectivity index (χ1n) is 6.73. The van der Waals surface area contributed by atoms with Crippen molar-refractivity contribution in [2.75, 3.05) is 31.1 Å². The van der Waals surface area contributed by atoms with E-state index in [0.29, 0.717) is 48.7 Å². The largest absolute Gasteiger partial charge is 0.408 e. The third-order valence-corrected chi connectivity index (χ3v) is 3.70. The highest BCUT2D eigenvalue weighted by molar-refractivity contribution is 6.30. The number of piperazine rings is 1. The number of rotatable bonds is 2. The molecular weight excluding hydrogens is 292 g/mol. The number of benzene rings is 1. The van der Waals surface area contributed by atoms with Crippen LogP contribution >= 0.6 is 11.6 Å². The molecule has 0 saturated carbocycles. The molecule has 21 heavy (non-hydrogen) atoms. The topological polar surface area (TPSA) is 62.5 Å². The van der Waals surface area contributed by atoms with Crippen LogP contribution in [-0.2, 0) is 0 Å². The Morgan fingerprint density at radius 2 is 1.81 bits per heavy atom. The summed E-state index contributed by atoms with van der Waals surface area (Å²) in [6.07, 6.45) is 0. The number of anilines is 1. The van der Waals surface area contributed by atoms with Gasteiger partial charge in [0.15, 0.2) is 0 Å². The van der Waals surface area contributed by atoms with Gasteiger partial charge in [0.05, 0.1) is 0 Å². The normalized spacial score (nSPS) is 15.3. The number of aryl methyl sites for hydroxylation is 1. The van der Waals surface area contributed by atoms with E-state index in [1.807, 2.05) is 9.80 Å². The van der Waals surface area contributed by atoms with E-state index in [1.54, 1.807) is 31.2 Å². The number of hydrogen-bond donors (Lipinski definition) is 0. The van der Waals surface area contributed by atoms with Crippen LogP contribution in [0.15, 0.2) is 28.7 Å². The van der Waals surface area contributed by atoms with E-state index in [9.17, 15) is 4.79 Å². The van der Waals surface area contributed by atoms with E-state index in [2.05, 4.69) is 10.2 Å². The zero-order valence-electron chi connectivity index (χ0n) is 11.6. The van der Waals surface area contributed by atoms with Gasteiger partial charge < -0.3 is 14.2 Å². The number of carbonyl (C=O) groups is 1. The molecule has 0 bridgehead atoms. The van der Waals surface area contributed by atoms with E-state index in [-0.39, 0.29) is 5.91 Å². The fourth-order valence-corrected chi connectivity index (χ4v) is 2.42. The van der Waals surface area contributed by atoms with Gasteiger partial charge in [-0.1, -0.05) is 16.7 Å². The number of carbonyl (C=O) groups excluding carboxylic acids is 1. The first kappa shape index (κ1) is 13.9. The number of amides is 1. The van der Waals surface area contributed by atoms with E-state index in [1.165, 1.54) is 0 Å². The lowest BCUT2D eigenvalue weighted by Gasteiger charge is -2.33. The van der Waals surface area contributed by atoms with Gasteiger partial charge in [-0.15, -0.1) is 5.10 Å². The Hall–Kier alpha value is -2.08. The highest BCUT2D eigenvalue weighted by Gasteiger charge is 2.24. The number of aromatic nitrogens is 2. The summed E-state index contributed by atoms with van der Waals surface area (Å²) in [5.74, 6) is 0.567. The first-order chi connectivity index (χ1) is 10.1. The molecule has 1 aromatic carbocycles. The highest BCUT2D eigenvalue weighted by Crippen LogP contribution is 2.16. The van der Waals surface area contributed by atoms with Crippen LogP contribution in [-0.4, -0.2) is 47.2 Å². The molecule has 7 heteroatoms. The average Bonchev–Trinajstić information content (AvgIpc) is 2.94. The maximum absolute atomic E-state index is 12.4. The number of nitrogens with zero attached hydrogens (tertiary/aromatic N) is 4. The maximum Gasteiger partial charge on any atom is 0.318 e. The van der Waals surface area contributed by atoms with Crippen LogP contribution < -0.4 is 4.90 Å². The van der Waals surface area contributed by atoms with Gasteiger partial charge in [0.1, 0.15) is 0 Å². The van der Waals surface area contributed by atoms with Gasteiger partial charge in [-0.05, 0) is 24.3 Å². The van der Waals surface area contributed by atoms with E-state index < -0.39 is 0 Å². The van der Waals surface area contributed by atoms with E-state index in [0.717, 1.165) is 0 Å². The Morgan fingerprint density at radius 3 is 2.38 bits per heavy atom. The third-order valence-electron chi connectivity index (χ3n) is 3.44. The smallest absolute Gasteiger partial charge is 0.318 e. The predicted molar refractivity (Wildman–Crippen MR) is 78.6 cm³/mol. The van der Waals surface area contributed by atoms with Gasteiger partial charge in [0.2, 0.25) is 5.89 Å². The van der Waals surface area contributed by atoms with Gasteiger partial charge in [-0.25, -0.2) is 0 Å². The lowest BCUT2D eigenvalue weighted by atomic mass is 10.2. The molecule has 1 aliphatic heterocycles. The number of hydrogen-bond acceptors (Lipinski definition) is 5. The first-order valence-corrected chi connectivity index (χ1v) is 7.11. The van der Waals surface area contributed by atoms with Crippen molar-refractivity contribution in [2.24, 2.45) is 0 Å². The molecule has 6 nitrogen and oxygen atoms in total. The average molecular weight is 307 g/mol. The zero-order chi connectivity index (χ0) is 14.8. The van der Waals surface area contributed by atoms with Crippen molar-refractivity contribution in [2.45, 2.75) is 6.92 Å². The molecule has 1 fully saturated rings. The summed E-state index contributed by atoms with van der Waals surface area (Å²) in [5.41, 5.74) is 0.654. The summed E-state index contributed by atoms with van der Waals surface area (Å²) in [6, 6.07) is 7.47. The number of halogens is 1.